The van der Waals surface area contributed by atoms with E-state index in [-0.39, 0.29) is 11.5 Å². The van der Waals surface area contributed by atoms with E-state index in [9.17, 15) is 9.59 Å². The summed E-state index contributed by atoms with van der Waals surface area (Å²) in [6, 6.07) is 16.8. The molecule has 0 atom stereocenters. The fourth-order valence-corrected chi connectivity index (χ4v) is 4.67. The van der Waals surface area contributed by atoms with Crippen LogP contribution in [0.5, 0.6) is 11.5 Å². The highest BCUT2D eigenvalue weighted by molar-refractivity contribution is 5.99. The lowest BCUT2D eigenvalue weighted by atomic mass is 9.87. The zero-order chi connectivity index (χ0) is 22.5. The fourth-order valence-electron chi connectivity index (χ4n) is 4.67. The van der Waals surface area contributed by atoms with Gasteiger partial charge in [-0.3, -0.25) is 14.6 Å². The van der Waals surface area contributed by atoms with Crippen LogP contribution in [0.2, 0.25) is 0 Å². The van der Waals surface area contributed by atoms with Crippen molar-refractivity contribution in [1.82, 2.24) is 19.7 Å². The molecule has 2 N–H and O–H groups in total. The monoisotopic (exact) mass is 439 g/mol. The number of aromatic amines is 1. The van der Waals surface area contributed by atoms with E-state index in [0.717, 1.165) is 41.6 Å². The number of H-pyrrole nitrogens is 1. The average Bonchev–Trinajstić information content (AvgIpc) is 3.43. The molecule has 0 saturated carbocycles. The second kappa shape index (κ2) is 7.44. The number of carbonyl (C=O) groups is 1. The first-order valence-electron chi connectivity index (χ1n) is 10.9. The van der Waals surface area contributed by atoms with Crippen molar-refractivity contribution in [2.24, 2.45) is 0 Å². The average molecular weight is 439 g/mol. The maximum Gasteiger partial charge on any atom is 0.255 e. The molecule has 0 radical (unpaired) electrons. The van der Waals surface area contributed by atoms with Crippen molar-refractivity contribution in [3.05, 3.63) is 93.0 Å². The zero-order valence-corrected chi connectivity index (χ0v) is 18.0. The first-order chi connectivity index (χ1) is 16.1. The number of rotatable bonds is 3. The molecule has 8 nitrogen and oxygen atoms in total. The predicted molar refractivity (Wildman–Crippen MR) is 122 cm³/mol. The summed E-state index contributed by atoms with van der Waals surface area (Å²) in [5.74, 6) is 1.29. The third-order valence-electron chi connectivity index (χ3n) is 6.15. The van der Waals surface area contributed by atoms with Gasteiger partial charge in [0.2, 0.25) is 11.9 Å². The van der Waals surface area contributed by atoms with Crippen molar-refractivity contribution in [1.29, 1.82) is 0 Å². The predicted octanol–water partition coefficient (Wildman–Crippen LogP) is 3.63. The molecule has 1 aliphatic heterocycles. The topological polar surface area (TPSA) is 102 Å². The number of hydrogen-bond donors (Lipinski definition) is 2. The first kappa shape index (κ1) is 19.5. The highest BCUT2D eigenvalue weighted by atomic mass is 16.5. The second-order valence-corrected chi connectivity index (χ2v) is 8.35. The Hall–Kier alpha value is -4.20. The van der Waals surface area contributed by atoms with E-state index < -0.39 is 5.92 Å². The van der Waals surface area contributed by atoms with Crippen LogP contribution in [0.4, 0.5) is 5.82 Å². The van der Waals surface area contributed by atoms with Crippen LogP contribution in [0.3, 0.4) is 0 Å². The molecule has 2 aliphatic rings. The van der Waals surface area contributed by atoms with Gasteiger partial charge in [0.05, 0.1) is 17.3 Å². The van der Waals surface area contributed by atoms with Crippen LogP contribution < -0.4 is 15.6 Å². The Morgan fingerprint density at radius 3 is 2.52 bits per heavy atom. The molecule has 4 aromatic rings. The molecular weight excluding hydrogens is 418 g/mol. The number of carbonyl (C=O) groups excluding carboxylic acids is 1. The summed E-state index contributed by atoms with van der Waals surface area (Å²) in [4.78, 5) is 33.6. The molecule has 33 heavy (non-hydrogen) atoms. The maximum absolute atomic E-state index is 13.6. The van der Waals surface area contributed by atoms with Crippen molar-refractivity contribution in [3.63, 3.8) is 0 Å². The van der Waals surface area contributed by atoms with Gasteiger partial charge in [0.25, 0.3) is 5.56 Å². The first-order valence-corrected chi connectivity index (χ1v) is 10.9. The van der Waals surface area contributed by atoms with E-state index in [2.05, 4.69) is 20.4 Å². The van der Waals surface area contributed by atoms with E-state index in [1.165, 1.54) is 4.68 Å². The van der Waals surface area contributed by atoms with Crippen LogP contribution in [-0.2, 0) is 17.6 Å². The number of nitrogens with zero attached hydrogens (tertiary/aromatic N) is 3. The summed E-state index contributed by atoms with van der Waals surface area (Å²) in [6.45, 7) is 1.83. The van der Waals surface area contributed by atoms with E-state index >= 15 is 0 Å². The van der Waals surface area contributed by atoms with Gasteiger partial charge in [0.1, 0.15) is 17.3 Å². The normalized spacial score (nSPS) is 14.2. The molecule has 8 heteroatoms. The van der Waals surface area contributed by atoms with Crippen LogP contribution in [0.15, 0.2) is 59.4 Å². The summed E-state index contributed by atoms with van der Waals surface area (Å²) in [5.41, 5.74) is 3.67. The van der Waals surface area contributed by atoms with Gasteiger partial charge in [0.15, 0.2) is 0 Å². The minimum Gasteiger partial charge on any atom is -0.457 e. The minimum atomic E-state index is -0.554. The van der Waals surface area contributed by atoms with Crippen molar-refractivity contribution < 1.29 is 9.53 Å². The quantitative estimate of drug-likeness (QED) is 0.508. The molecule has 3 heterocycles. The number of amides is 1. The molecule has 2 aromatic heterocycles. The maximum atomic E-state index is 13.6. The zero-order valence-electron chi connectivity index (χ0n) is 18.0. The molecule has 2 aromatic carbocycles. The molecule has 0 bridgehead atoms. The van der Waals surface area contributed by atoms with Crippen LogP contribution in [-0.4, -0.2) is 25.7 Å². The molecule has 0 unspecified atom stereocenters. The molecule has 1 aliphatic carbocycles. The van der Waals surface area contributed by atoms with Gasteiger partial charge in [-0.15, -0.1) is 0 Å². The number of fused-ring (bicyclic) bond motifs is 3. The highest BCUT2D eigenvalue weighted by Gasteiger charge is 2.33. The van der Waals surface area contributed by atoms with Crippen LogP contribution in [0.25, 0.3) is 5.95 Å². The van der Waals surface area contributed by atoms with Gasteiger partial charge in [-0.2, -0.15) is 9.78 Å². The van der Waals surface area contributed by atoms with Gasteiger partial charge in [-0.1, -0.05) is 36.4 Å². The molecule has 164 valence electrons. The van der Waals surface area contributed by atoms with E-state index in [0.29, 0.717) is 29.0 Å². The Morgan fingerprint density at radius 2 is 1.79 bits per heavy atom. The number of benzene rings is 2. The SMILES string of the molecule is Cc1cc(NC(=O)C2c3ccccc3Oc3ccccc32)n(-c2nc3c(c(=O)[nH]2)CCC3)n1. The Balaban J connectivity index is 1.40. The fraction of sp³-hybridized carbons (Fsp3) is 0.200. The van der Waals surface area contributed by atoms with Gasteiger partial charge >= 0.3 is 0 Å². The number of nitrogens with one attached hydrogen (secondary N) is 2. The van der Waals surface area contributed by atoms with E-state index in [1.807, 2.05) is 55.5 Å². The van der Waals surface area contributed by atoms with Crippen molar-refractivity contribution >= 4 is 11.7 Å². The third-order valence-corrected chi connectivity index (χ3v) is 6.15. The summed E-state index contributed by atoms with van der Waals surface area (Å²) < 4.78 is 7.50. The largest absolute Gasteiger partial charge is 0.457 e. The molecule has 1 amide bonds. The van der Waals surface area contributed by atoms with E-state index in [4.69, 9.17) is 4.74 Å². The van der Waals surface area contributed by atoms with Crippen molar-refractivity contribution in [3.8, 4) is 17.4 Å². The second-order valence-electron chi connectivity index (χ2n) is 8.35. The summed E-state index contributed by atoms with van der Waals surface area (Å²) in [6.07, 6.45) is 2.42. The van der Waals surface area contributed by atoms with Crippen molar-refractivity contribution in [2.75, 3.05) is 5.32 Å². The number of aryl methyl sites for hydroxylation is 2. The molecule has 6 rings (SSSR count). The van der Waals surface area contributed by atoms with Gasteiger partial charge in [-0.05, 0) is 38.3 Å². The Bertz CT molecular complexity index is 1420. The van der Waals surface area contributed by atoms with Gasteiger partial charge in [0, 0.05) is 22.8 Å². The van der Waals surface area contributed by atoms with Crippen LogP contribution in [0, 0.1) is 6.92 Å². The summed E-state index contributed by atoms with van der Waals surface area (Å²) >= 11 is 0. The highest BCUT2D eigenvalue weighted by Crippen LogP contribution is 2.44. The molecule has 0 fully saturated rings. The number of anilines is 1. The van der Waals surface area contributed by atoms with Crippen LogP contribution >= 0.6 is 0 Å². The smallest absolute Gasteiger partial charge is 0.255 e. The minimum absolute atomic E-state index is 0.148. The Kier molecular flexibility index (Phi) is 4.39. The number of aromatic nitrogens is 4. The molecular formula is C25H21N5O3. The summed E-state index contributed by atoms with van der Waals surface area (Å²) in [5, 5.41) is 7.49. The Morgan fingerprint density at radius 1 is 1.09 bits per heavy atom. The number of ether oxygens (including phenoxy) is 1. The summed E-state index contributed by atoms with van der Waals surface area (Å²) in [7, 11) is 0. The number of hydrogen-bond acceptors (Lipinski definition) is 5. The molecule has 0 spiro atoms. The lowest BCUT2D eigenvalue weighted by molar-refractivity contribution is -0.116. The van der Waals surface area contributed by atoms with Gasteiger partial charge in [-0.25, -0.2) is 4.98 Å². The van der Waals surface area contributed by atoms with Crippen LogP contribution in [0.1, 0.15) is 40.4 Å². The lowest BCUT2D eigenvalue weighted by Crippen LogP contribution is -2.27. The third kappa shape index (κ3) is 3.22. The van der Waals surface area contributed by atoms with Gasteiger partial charge < -0.3 is 10.1 Å². The lowest BCUT2D eigenvalue weighted by Gasteiger charge is -2.27. The van der Waals surface area contributed by atoms with E-state index in [1.54, 1.807) is 6.07 Å². The Labute approximate surface area is 189 Å². The standard InChI is InChI=1S/C25H21N5O3/c1-14-13-21(30(29-14)25-26-18-10-6-9-15(18)23(31)28-25)27-24(32)22-16-7-2-4-11-19(16)33-20-12-5-3-8-17(20)22/h2-5,7-8,11-13,22H,6,9-10H2,1H3,(H,27,32)(H,26,28,31). The van der Waals surface area contributed by atoms with Crippen molar-refractivity contribution in [2.45, 2.75) is 32.1 Å². The number of para-hydroxylation sites is 2. The molecule has 0 saturated heterocycles.